The summed E-state index contributed by atoms with van der Waals surface area (Å²) in [6.07, 6.45) is -0.589. The lowest BCUT2D eigenvalue weighted by atomic mass is 10.2. The van der Waals surface area contributed by atoms with Crippen molar-refractivity contribution in [3.05, 3.63) is 28.8 Å². The Morgan fingerprint density at radius 3 is 2.93 bits per heavy atom. The molecular formula is C10H13ClN2O2. The molecule has 1 rings (SSSR count). The second kappa shape index (κ2) is 5.00. The van der Waals surface area contributed by atoms with E-state index in [1.165, 1.54) is 6.07 Å². The minimum absolute atomic E-state index is 0.184. The Morgan fingerprint density at radius 1 is 1.67 bits per heavy atom. The number of hydrogen-bond donors (Lipinski definition) is 3. The van der Waals surface area contributed by atoms with E-state index in [0.717, 1.165) is 0 Å². The highest BCUT2D eigenvalue weighted by molar-refractivity contribution is 6.34. The second-order valence-corrected chi connectivity index (χ2v) is 3.71. The van der Waals surface area contributed by atoms with E-state index in [1.54, 1.807) is 19.1 Å². The number of nitrogens with two attached hydrogens (primary N) is 1. The van der Waals surface area contributed by atoms with Crippen LogP contribution in [0.15, 0.2) is 18.2 Å². The molecule has 15 heavy (non-hydrogen) atoms. The molecular weight excluding hydrogens is 216 g/mol. The molecule has 0 aliphatic carbocycles. The monoisotopic (exact) mass is 228 g/mol. The summed E-state index contributed by atoms with van der Waals surface area (Å²) in [4.78, 5) is 11.6. The van der Waals surface area contributed by atoms with Crippen LogP contribution in [0.5, 0.6) is 0 Å². The molecule has 1 amide bonds. The molecule has 82 valence electrons. The molecule has 1 aromatic carbocycles. The number of nitrogens with one attached hydrogen (secondary N) is 1. The molecule has 4 nitrogen and oxygen atoms in total. The number of nitrogen functional groups attached to an aromatic ring is 1. The van der Waals surface area contributed by atoms with E-state index in [0.29, 0.717) is 16.3 Å². The van der Waals surface area contributed by atoms with Crippen molar-refractivity contribution in [2.75, 3.05) is 12.3 Å². The van der Waals surface area contributed by atoms with Gasteiger partial charge in [-0.05, 0) is 25.1 Å². The third-order valence-corrected chi connectivity index (χ3v) is 2.12. The molecule has 0 bridgehead atoms. The van der Waals surface area contributed by atoms with Crippen LogP contribution in [0, 0.1) is 0 Å². The van der Waals surface area contributed by atoms with Crippen LogP contribution in [0.25, 0.3) is 0 Å². The standard InChI is InChI=1S/C10H13ClN2O2/c1-6(14)5-13-10(15)8-4-7(12)2-3-9(8)11/h2-4,6,14H,5,12H2,1H3,(H,13,15)/t6-/m0/s1. The van der Waals surface area contributed by atoms with Gasteiger partial charge in [0.1, 0.15) is 0 Å². The van der Waals surface area contributed by atoms with Gasteiger partial charge < -0.3 is 16.2 Å². The topological polar surface area (TPSA) is 75.3 Å². The predicted molar refractivity (Wildman–Crippen MR) is 59.9 cm³/mol. The molecule has 0 radical (unpaired) electrons. The Balaban J connectivity index is 2.77. The fourth-order valence-electron chi connectivity index (χ4n) is 1.05. The van der Waals surface area contributed by atoms with Gasteiger partial charge in [-0.2, -0.15) is 0 Å². The van der Waals surface area contributed by atoms with Crippen molar-refractivity contribution < 1.29 is 9.90 Å². The molecule has 0 aliphatic rings. The van der Waals surface area contributed by atoms with Crippen molar-refractivity contribution in [2.45, 2.75) is 13.0 Å². The summed E-state index contributed by atoms with van der Waals surface area (Å²) in [5.41, 5.74) is 6.32. The number of amides is 1. The summed E-state index contributed by atoms with van der Waals surface area (Å²) in [5.74, 6) is -0.340. The molecule has 0 aliphatic heterocycles. The zero-order chi connectivity index (χ0) is 11.4. The molecule has 5 heteroatoms. The summed E-state index contributed by atoms with van der Waals surface area (Å²) in [6, 6.07) is 4.68. The molecule has 4 N–H and O–H groups in total. The van der Waals surface area contributed by atoms with E-state index >= 15 is 0 Å². The van der Waals surface area contributed by atoms with Crippen LogP contribution in [0.4, 0.5) is 5.69 Å². The van der Waals surface area contributed by atoms with Crippen molar-refractivity contribution in [2.24, 2.45) is 0 Å². The van der Waals surface area contributed by atoms with Gasteiger partial charge in [0.15, 0.2) is 0 Å². The molecule has 0 unspecified atom stereocenters. The maximum Gasteiger partial charge on any atom is 0.252 e. The summed E-state index contributed by atoms with van der Waals surface area (Å²) in [7, 11) is 0. The Hall–Kier alpha value is -1.26. The predicted octanol–water partition coefficient (Wildman–Crippen LogP) is 1.03. The lowest BCUT2D eigenvalue weighted by Crippen LogP contribution is -2.30. The Bertz CT molecular complexity index is 366. The van der Waals surface area contributed by atoms with E-state index in [9.17, 15) is 4.79 Å². The first-order valence-corrected chi connectivity index (χ1v) is 4.90. The van der Waals surface area contributed by atoms with Gasteiger partial charge in [0.2, 0.25) is 0 Å². The van der Waals surface area contributed by atoms with E-state index in [-0.39, 0.29) is 12.5 Å². The second-order valence-electron chi connectivity index (χ2n) is 3.30. The van der Waals surface area contributed by atoms with Crippen LogP contribution in [0.2, 0.25) is 5.02 Å². The number of halogens is 1. The van der Waals surface area contributed by atoms with Crippen LogP contribution in [0.3, 0.4) is 0 Å². The molecule has 1 aromatic rings. The van der Waals surface area contributed by atoms with Gasteiger partial charge in [0.05, 0.1) is 16.7 Å². The number of anilines is 1. The molecule has 0 saturated heterocycles. The van der Waals surface area contributed by atoms with E-state index < -0.39 is 6.10 Å². The van der Waals surface area contributed by atoms with Crippen molar-refractivity contribution >= 4 is 23.2 Å². The normalized spacial score (nSPS) is 12.2. The van der Waals surface area contributed by atoms with Crippen molar-refractivity contribution in [1.82, 2.24) is 5.32 Å². The Morgan fingerprint density at radius 2 is 2.33 bits per heavy atom. The molecule has 0 saturated carbocycles. The number of hydrogen-bond acceptors (Lipinski definition) is 3. The average Bonchev–Trinajstić information content (AvgIpc) is 2.18. The maximum atomic E-state index is 11.6. The molecule has 0 aromatic heterocycles. The van der Waals surface area contributed by atoms with Gasteiger partial charge in [-0.25, -0.2) is 0 Å². The van der Waals surface area contributed by atoms with Gasteiger partial charge in [0.25, 0.3) is 5.91 Å². The first-order valence-electron chi connectivity index (χ1n) is 4.52. The van der Waals surface area contributed by atoms with E-state index in [4.69, 9.17) is 22.4 Å². The summed E-state index contributed by atoms with van der Waals surface area (Å²) >= 11 is 5.83. The maximum absolute atomic E-state index is 11.6. The van der Waals surface area contributed by atoms with Crippen LogP contribution in [0.1, 0.15) is 17.3 Å². The number of benzene rings is 1. The van der Waals surface area contributed by atoms with Gasteiger partial charge in [-0.15, -0.1) is 0 Å². The molecule has 0 fully saturated rings. The number of carbonyl (C=O) groups excluding carboxylic acids is 1. The first-order chi connectivity index (χ1) is 7.00. The fourth-order valence-corrected chi connectivity index (χ4v) is 1.26. The quantitative estimate of drug-likeness (QED) is 0.677. The zero-order valence-electron chi connectivity index (χ0n) is 8.33. The smallest absolute Gasteiger partial charge is 0.252 e. The van der Waals surface area contributed by atoms with Gasteiger partial charge in [0, 0.05) is 12.2 Å². The highest BCUT2D eigenvalue weighted by Gasteiger charge is 2.10. The lowest BCUT2D eigenvalue weighted by Gasteiger charge is -2.08. The third-order valence-electron chi connectivity index (χ3n) is 1.79. The van der Waals surface area contributed by atoms with E-state index in [2.05, 4.69) is 5.32 Å². The summed E-state index contributed by atoms with van der Waals surface area (Å²) < 4.78 is 0. The highest BCUT2D eigenvalue weighted by atomic mass is 35.5. The van der Waals surface area contributed by atoms with Crippen LogP contribution < -0.4 is 11.1 Å². The molecule has 0 spiro atoms. The van der Waals surface area contributed by atoms with Crippen LogP contribution in [-0.2, 0) is 0 Å². The highest BCUT2D eigenvalue weighted by Crippen LogP contribution is 2.18. The minimum atomic E-state index is -0.589. The molecule has 0 heterocycles. The van der Waals surface area contributed by atoms with Crippen molar-refractivity contribution in [3.63, 3.8) is 0 Å². The number of aliphatic hydroxyl groups is 1. The zero-order valence-corrected chi connectivity index (χ0v) is 9.08. The first kappa shape index (κ1) is 11.8. The van der Waals surface area contributed by atoms with Gasteiger partial charge in [-0.3, -0.25) is 4.79 Å². The summed E-state index contributed by atoms with van der Waals surface area (Å²) in [5, 5.41) is 11.9. The van der Waals surface area contributed by atoms with E-state index in [1.807, 2.05) is 0 Å². The minimum Gasteiger partial charge on any atom is -0.399 e. The van der Waals surface area contributed by atoms with Crippen molar-refractivity contribution in [3.8, 4) is 0 Å². The average molecular weight is 229 g/mol. The van der Waals surface area contributed by atoms with Crippen LogP contribution >= 0.6 is 11.6 Å². The van der Waals surface area contributed by atoms with Crippen molar-refractivity contribution in [1.29, 1.82) is 0 Å². The number of rotatable bonds is 3. The largest absolute Gasteiger partial charge is 0.399 e. The number of carbonyl (C=O) groups is 1. The van der Waals surface area contributed by atoms with Gasteiger partial charge >= 0.3 is 0 Å². The third kappa shape index (κ3) is 3.42. The fraction of sp³-hybridized carbons (Fsp3) is 0.300. The number of aliphatic hydroxyl groups excluding tert-OH is 1. The van der Waals surface area contributed by atoms with Gasteiger partial charge in [-0.1, -0.05) is 11.6 Å². The SMILES string of the molecule is C[C@H](O)CNC(=O)c1cc(N)ccc1Cl. The lowest BCUT2D eigenvalue weighted by molar-refractivity contribution is 0.0924. The Kier molecular flexibility index (Phi) is 3.94. The molecule has 1 atom stereocenters. The van der Waals surface area contributed by atoms with Crippen LogP contribution in [-0.4, -0.2) is 23.7 Å². The Labute approximate surface area is 93.0 Å². The summed E-state index contributed by atoms with van der Waals surface area (Å²) in [6.45, 7) is 1.77.